The molecule has 2 unspecified atom stereocenters. The minimum Gasteiger partial charge on any atom is -0.312 e. The molecule has 0 spiro atoms. The number of nitrogens with one attached hydrogen (secondary N) is 1. The van der Waals surface area contributed by atoms with Gasteiger partial charge in [0.25, 0.3) is 0 Å². The fourth-order valence-electron chi connectivity index (χ4n) is 2.76. The van der Waals surface area contributed by atoms with Gasteiger partial charge in [0.1, 0.15) is 0 Å². The van der Waals surface area contributed by atoms with Crippen molar-refractivity contribution in [1.82, 2.24) is 10.2 Å². The van der Waals surface area contributed by atoms with Gasteiger partial charge in [-0.05, 0) is 32.7 Å². The molecule has 16 heavy (non-hydrogen) atoms. The van der Waals surface area contributed by atoms with Crippen molar-refractivity contribution in [2.75, 3.05) is 19.6 Å². The Balaban J connectivity index is 2.36. The quantitative estimate of drug-likeness (QED) is 0.528. The van der Waals surface area contributed by atoms with Gasteiger partial charge in [-0.1, -0.05) is 25.8 Å². The lowest BCUT2D eigenvalue weighted by molar-refractivity contribution is 0.0961. The van der Waals surface area contributed by atoms with Gasteiger partial charge in [-0.15, -0.1) is 6.58 Å². The van der Waals surface area contributed by atoms with Crippen LogP contribution in [0.4, 0.5) is 0 Å². The average molecular weight is 224 g/mol. The van der Waals surface area contributed by atoms with Crippen molar-refractivity contribution in [2.45, 2.75) is 58.0 Å². The van der Waals surface area contributed by atoms with Crippen LogP contribution >= 0.6 is 0 Å². The van der Waals surface area contributed by atoms with Crippen molar-refractivity contribution in [3.8, 4) is 0 Å². The van der Waals surface area contributed by atoms with Crippen LogP contribution in [0.25, 0.3) is 0 Å². The van der Waals surface area contributed by atoms with E-state index in [0.717, 1.165) is 19.1 Å². The standard InChI is InChI=1S/C14H28N2/c1-4-8-14-9-6-7-11-16(14)13(3)12-15-10-5-2/h5,13-15H,2,4,6-12H2,1,3H3. The van der Waals surface area contributed by atoms with E-state index in [9.17, 15) is 0 Å². The molecule has 0 amide bonds. The van der Waals surface area contributed by atoms with Gasteiger partial charge in [0.2, 0.25) is 0 Å². The summed E-state index contributed by atoms with van der Waals surface area (Å²) in [7, 11) is 0. The Hall–Kier alpha value is -0.340. The maximum absolute atomic E-state index is 3.74. The summed E-state index contributed by atoms with van der Waals surface area (Å²) in [6, 6.07) is 1.50. The van der Waals surface area contributed by atoms with E-state index in [1.165, 1.54) is 38.6 Å². The molecule has 1 saturated heterocycles. The molecule has 1 fully saturated rings. The second-order valence-corrected chi connectivity index (χ2v) is 4.97. The molecule has 94 valence electrons. The van der Waals surface area contributed by atoms with Crippen molar-refractivity contribution >= 4 is 0 Å². The zero-order valence-corrected chi connectivity index (χ0v) is 11.0. The Kier molecular flexibility index (Phi) is 6.74. The number of likely N-dealkylation sites (tertiary alicyclic amines) is 1. The van der Waals surface area contributed by atoms with E-state index >= 15 is 0 Å². The van der Waals surface area contributed by atoms with Gasteiger partial charge in [0.05, 0.1) is 0 Å². The molecule has 0 aromatic carbocycles. The molecular weight excluding hydrogens is 196 g/mol. The molecule has 1 N–H and O–H groups in total. The molecule has 0 aromatic rings. The van der Waals surface area contributed by atoms with Crippen LogP contribution < -0.4 is 5.32 Å². The lowest BCUT2D eigenvalue weighted by Crippen LogP contribution is -2.48. The number of rotatable bonds is 7. The smallest absolute Gasteiger partial charge is 0.0195 e. The Morgan fingerprint density at radius 1 is 1.50 bits per heavy atom. The van der Waals surface area contributed by atoms with Gasteiger partial charge in [0.15, 0.2) is 0 Å². The summed E-state index contributed by atoms with van der Waals surface area (Å²) in [5, 5.41) is 3.44. The van der Waals surface area contributed by atoms with Crippen LogP contribution in [0.2, 0.25) is 0 Å². The molecule has 2 atom stereocenters. The van der Waals surface area contributed by atoms with Crippen LogP contribution in [0.15, 0.2) is 12.7 Å². The largest absolute Gasteiger partial charge is 0.312 e. The van der Waals surface area contributed by atoms with Crippen molar-refractivity contribution < 1.29 is 0 Å². The molecule has 1 heterocycles. The molecule has 0 bridgehead atoms. The zero-order valence-electron chi connectivity index (χ0n) is 11.0. The molecule has 2 nitrogen and oxygen atoms in total. The summed E-state index contributed by atoms with van der Waals surface area (Å²) >= 11 is 0. The van der Waals surface area contributed by atoms with Gasteiger partial charge in [-0.3, -0.25) is 4.90 Å². The van der Waals surface area contributed by atoms with Gasteiger partial charge in [-0.2, -0.15) is 0 Å². The molecule has 1 aliphatic rings. The fourth-order valence-corrected chi connectivity index (χ4v) is 2.76. The molecule has 0 radical (unpaired) electrons. The summed E-state index contributed by atoms with van der Waals surface area (Å²) < 4.78 is 0. The van der Waals surface area contributed by atoms with Crippen LogP contribution in [-0.2, 0) is 0 Å². The summed E-state index contributed by atoms with van der Waals surface area (Å²) in [5.41, 5.74) is 0. The monoisotopic (exact) mass is 224 g/mol. The molecule has 1 rings (SSSR count). The van der Waals surface area contributed by atoms with E-state index in [1.807, 2.05) is 6.08 Å². The van der Waals surface area contributed by atoms with Crippen molar-refractivity contribution in [2.24, 2.45) is 0 Å². The van der Waals surface area contributed by atoms with Crippen molar-refractivity contribution in [3.63, 3.8) is 0 Å². The summed E-state index contributed by atoms with van der Waals surface area (Å²) in [5.74, 6) is 0. The summed E-state index contributed by atoms with van der Waals surface area (Å²) in [6.45, 7) is 11.7. The molecule has 0 saturated carbocycles. The lowest BCUT2D eigenvalue weighted by Gasteiger charge is -2.40. The normalized spacial score (nSPS) is 24.2. The first-order valence-electron chi connectivity index (χ1n) is 6.87. The highest BCUT2D eigenvalue weighted by Gasteiger charge is 2.25. The van der Waals surface area contributed by atoms with Crippen LogP contribution in [0.3, 0.4) is 0 Å². The third-order valence-corrected chi connectivity index (χ3v) is 3.59. The van der Waals surface area contributed by atoms with Crippen molar-refractivity contribution in [3.05, 3.63) is 12.7 Å². The van der Waals surface area contributed by atoms with Gasteiger partial charge >= 0.3 is 0 Å². The van der Waals surface area contributed by atoms with Gasteiger partial charge in [0, 0.05) is 25.2 Å². The highest BCUT2D eigenvalue weighted by atomic mass is 15.2. The third kappa shape index (κ3) is 4.26. The molecule has 1 aliphatic heterocycles. The van der Waals surface area contributed by atoms with Crippen LogP contribution in [-0.4, -0.2) is 36.6 Å². The summed E-state index contributed by atoms with van der Waals surface area (Å²) in [4.78, 5) is 2.71. The first-order valence-corrected chi connectivity index (χ1v) is 6.87. The number of piperidine rings is 1. The predicted molar refractivity (Wildman–Crippen MR) is 71.8 cm³/mol. The number of hydrogen-bond acceptors (Lipinski definition) is 2. The van der Waals surface area contributed by atoms with E-state index in [1.54, 1.807) is 0 Å². The zero-order chi connectivity index (χ0) is 11.8. The topological polar surface area (TPSA) is 15.3 Å². The van der Waals surface area contributed by atoms with E-state index in [4.69, 9.17) is 0 Å². The third-order valence-electron chi connectivity index (χ3n) is 3.59. The molecular formula is C14H28N2. The Morgan fingerprint density at radius 2 is 2.31 bits per heavy atom. The van der Waals surface area contributed by atoms with Crippen molar-refractivity contribution in [1.29, 1.82) is 0 Å². The summed E-state index contributed by atoms with van der Waals surface area (Å²) in [6.07, 6.45) is 8.83. The van der Waals surface area contributed by atoms with E-state index in [0.29, 0.717) is 6.04 Å². The first kappa shape index (κ1) is 13.7. The number of nitrogens with zero attached hydrogens (tertiary/aromatic N) is 1. The maximum atomic E-state index is 3.74. The van der Waals surface area contributed by atoms with E-state index in [-0.39, 0.29) is 0 Å². The second kappa shape index (κ2) is 7.86. The minimum absolute atomic E-state index is 0.664. The van der Waals surface area contributed by atoms with E-state index < -0.39 is 0 Å². The van der Waals surface area contributed by atoms with Gasteiger partial charge < -0.3 is 5.32 Å². The maximum Gasteiger partial charge on any atom is 0.0195 e. The molecule has 0 aliphatic carbocycles. The first-order chi connectivity index (χ1) is 7.79. The SMILES string of the molecule is C=CCNCC(C)N1CCCCC1CCC. The van der Waals surface area contributed by atoms with E-state index in [2.05, 4.69) is 30.6 Å². The fraction of sp³-hybridized carbons (Fsp3) is 0.857. The Bertz CT molecular complexity index is 189. The minimum atomic E-state index is 0.664. The highest BCUT2D eigenvalue weighted by molar-refractivity contribution is 4.82. The van der Waals surface area contributed by atoms with Crippen LogP contribution in [0.5, 0.6) is 0 Å². The Labute approximate surface area is 101 Å². The van der Waals surface area contributed by atoms with Gasteiger partial charge in [-0.25, -0.2) is 0 Å². The second-order valence-electron chi connectivity index (χ2n) is 4.97. The van der Waals surface area contributed by atoms with Crippen LogP contribution in [0, 0.1) is 0 Å². The average Bonchev–Trinajstić information content (AvgIpc) is 2.30. The van der Waals surface area contributed by atoms with Crippen LogP contribution in [0.1, 0.15) is 46.0 Å². The highest BCUT2D eigenvalue weighted by Crippen LogP contribution is 2.22. The number of hydrogen-bond donors (Lipinski definition) is 1. The predicted octanol–water partition coefficient (Wildman–Crippen LogP) is 2.81. The molecule has 0 aromatic heterocycles. The lowest BCUT2D eigenvalue weighted by atomic mass is 9.96. The molecule has 2 heteroatoms. The Morgan fingerprint density at radius 3 is 3.00 bits per heavy atom.